The molecular weight excluding hydrogens is 825 g/mol. The number of amides is 4. The Bertz CT molecular complexity index is 1400. The molecule has 0 bridgehead atoms. The molecule has 1 aliphatic rings. The Labute approximate surface area is 376 Å². The predicted molar refractivity (Wildman–Crippen MR) is 235 cm³/mol. The van der Waals surface area contributed by atoms with Crippen LogP contribution in [0.4, 0.5) is 0 Å². The molecule has 18 heteroatoms. The number of thiol groups is 1. The topological polar surface area (TPSA) is 248 Å². The van der Waals surface area contributed by atoms with Gasteiger partial charge < -0.3 is 50.5 Å². The molecule has 1 heterocycles. The van der Waals surface area contributed by atoms with E-state index in [0.717, 1.165) is 64.9 Å². The number of carbonyl (C=O) groups excluding carboxylic acids is 7. The van der Waals surface area contributed by atoms with Crippen molar-refractivity contribution in [3.8, 4) is 0 Å². The van der Waals surface area contributed by atoms with Gasteiger partial charge in [0.25, 0.3) is 0 Å². The van der Waals surface area contributed by atoms with Crippen molar-refractivity contribution in [1.82, 2.24) is 15.9 Å². The number of ether oxygens (including phenoxy) is 5. The first kappa shape index (κ1) is 54.7. The quantitative estimate of drug-likeness (QED) is 0.0224. The summed E-state index contributed by atoms with van der Waals surface area (Å²) in [5, 5.41) is 16.7. The van der Waals surface area contributed by atoms with E-state index in [2.05, 4.69) is 41.8 Å². The van der Waals surface area contributed by atoms with E-state index in [0.29, 0.717) is 18.2 Å². The van der Waals surface area contributed by atoms with Crippen molar-refractivity contribution in [3.63, 3.8) is 0 Å². The van der Waals surface area contributed by atoms with Crippen LogP contribution in [0, 0.1) is 0 Å². The molecule has 4 amide bonds. The van der Waals surface area contributed by atoms with Crippen LogP contribution in [0.5, 0.6) is 0 Å². The minimum Gasteiger partial charge on any atom is -0.469 e. The van der Waals surface area contributed by atoms with Crippen LogP contribution in [-0.4, -0.2) is 114 Å². The average molecular weight is 904 g/mol. The van der Waals surface area contributed by atoms with Crippen molar-refractivity contribution in [3.05, 3.63) is 0 Å². The summed E-state index contributed by atoms with van der Waals surface area (Å²) < 4.78 is 36.1. The highest BCUT2D eigenvalue weighted by molar-refractivity contribution is 7.80. The van der Waals surface area contributed by atoms with E-state index < -0.39 is 96.3 Å². The Morgan fingerprint density at radius 2 is 1.35 bits per heavy atom. The lowest BCUT2D eigenvalue weighted by atomic mass is 9.97. The van der Waals surface area contributed by atoms with Gasteiger partial charge in [0.05, 0.1) is 19.6 Å². The molecule has 0 saturated carbocycles. The van der Waals surface area contributed by atoms with Gasteiger partial charge >= 0.3 is 17.9 Å². The summed E-state index contributed by atoms with van der Waals surface area (Å²) in [5.74, 6) is -5.10. The van der Waals surface area contributed by atoms with E-state index in [4.69, 9.17) is 26.1 Å². The fourth-order valence-corrected chi connectivity index (χ4v) is 7.39. The Morgan fingerprint density at radius 1 is 0.790 bits per heavy atom. The molecule has 1 rings (SSSR count). The zero-order valence-electron chi connectivity index (χ0n) is 39.1. The number of hydrogen-bond acceptors (Lipinski definition) is 14. The zero-order chi connectivity index (χ0) is 47.3. The van der Waals surface area contributed by atoms with Gasteiger partial charge in [0.2, 0.25) is 23.6 Å². The van der Waals surface area contributed by atoms with Gasteiger partial charge in [0.1, 0.15) is 54.6 Å². The second kappa shape index (κ2) is 33.1. The molecule has 62 heavy (non-hydrogen) atoms. The summed E-state index contributed by atoms with van der Waals surface area (Å²) >= 11 is 4.45. The van der Waals surface area contributed by atoms with E-state index in [9.17, 15) is 38.7 Å². The number of primary amides is 1. The van der Waals surface area contributed by atoms with E-state index in [1.54, 1.807) is 0 Å². The molecule has 0 radical (unpaired) electrons. The van der Waals surface area contributed by atoms with Crippen LogP contribution in [0.3, 0.4) is 0 Å². The second-order valence-corrected chi connectivity index (χ2v) is 16.7. The molecule has 1 fully saturated rings. The van der Waals surface area contributed by atoms with Gasteiger partial charge in [-0.15, -0.1) is 12.6 Å². The third kappa shape index (κ3) is 24.4. The van der Waals surface area contributed by atoms with Gasteiger partial charge in [-0.25, -0.2) is 0 Å². The maximum atomic E-state index is 13.4. The predicted octanol–water partition coefficient (Wildman–Crippen LogP) is 4.62. The summed E-state index contributed by atoms with van der Waals surface area (Å²) in [6.45, 7) is 7.60. The van der Waals surface area contributed by atoms with Crippen LogP contribution >= 0.6 is 12.6 Å². The number of aliphatic hydroxyl groups excluding tert-OH is 1. The van der Waals surface area contributed by atoms with E-state index >= 15 is 0 Å². The maximum Gasteiger partial charge on any atom is 0.309 e. The number of unbranched alkanes of at least 4 members (excludes halogenated alkanes) is 14. The third-order valence-corrected chi connectivity index (χ3v) is 11.2. The smallest absolute Gasteiger partial charge is 0.309 e. The normalized spacial score (nSPS) is 20.7. The monoisotopic (exact) mass is 904 g/mol. The number of methoxy groups -OCH3 is 1. The lowest BCUT2D eigenvalue weighted by Crippen LogP contribution is -2.64. The number of rotatable bonds is 34. The number of aliphatic hydroxyl groups is 1. The number of hydrogen-bond donors (Lipinski definition) is 6. The fraction of sp³-hybridized carbons (Fsp3) is 0.841. The largest absolute Gasteiger partial charge is 0.469 e. The first-order chi connectivity index (χ1) is 30.0. The van der Waals surface area contributed by atoms with Gasteiger partial charge in [0.15, 0.2) is 1.41 Å². The molecule has 17 nitrogen and oxygen atoms in total. The number of esters is 3. The van der Waals surface area contributed by atoms with E-state index in [-0.39, 0.29) is 31.7 Å². The van der Waals surface area contributed by atoms with Gasteiger partial charge in [0, 0.05) is 19.8 Å². The number of nitrogens with one attached hydrogen (secondary N) is 3. The molecule has 0 spiro atoms. The molecule has 0 unspecified atom stereocenters. The molecule has 0 aromatic carbocycles. The summed E-state index contributed by atoms with van der Waals surface area (Å²) in [7, 11) is 1.16. The molecule has 1 aliphatic heterocycles. The lowest BCUT2D eigenvalue weighted by molar-refractivity contribution is -0.204. The molecule has 0 aliphatic carbocycles. The molecule has 358 valence electrons. The van der Waals surface area contributed by atoms with Crippen molar-refractivity contribution in [1.29, 1.82) is 0 Å². The van der Waals surface area contributed by atoms with Crippen LogP contribution in [0.25, 0.3) is 0 Å². The van der Waals surface area contributed by atoms with Crippen LogP contribution in [-0.2, 0) is 57.2 Å². The Kier molecular flexibility index (Phi) is 29.2. The van der Waals surface area contributed by atoms with Crippen LogP contribution in [0.1, 0.15) is 169 Å². The summed E-state index contributed by atoms with van der Waals surface area (Å²) in [5.41, 5.74) is 4.25. The number of carbonyl (C=O) groups is 7. The average Bonchev–Trinajstić information content (AvgIpc) is 3.24. The Hall–Kier alpha value is -3.48. The lowest BCUT2D eigenvalue weighted by Gasteiger charge is -2.43. The molecule has 9 atom stereocenters. The van der Waals surface area contributed by atoms with E-state index in [1.165, 1.54) is 59.3 Å². The van der Waals surface area contributed by atoms with Gasteiger partial charge in [-0.2, -0.15) is 0 Å². The summed E-state index contributed by atoms with van der Waals surface area (Å²) in [6, 6.07) is -3.88. The van der Waals surface area contributed by atoms with E-state index in [1.807, 2.05) is 0 Å². The van der Waals surface area contributed by atoms with Gasteiger partial charge in [-0.3, -0.25) is 33.6 Å². The summed E-state index contributed by atoms with van der Waals surface area (Å²) in [4.78, 5) is 88.0. The Morgan fingerprint density at radius 3 is 1.90 bits per heavy atom. The molecular formula is C44H78N4O13S. The molecule has 0 aromatic heterocycles. The zero-order valence-corrected chi connectivity index (χ0v) is 39.0. The van der Waals surface area contributed by atoms with Crippen molar-refractivity contribution in [2.24, 2.45) is 5.73 Å². The third-order valence-electron chi connectivity index (χ3n) is 10.7. The van der Waals surface area contributed by atoms with Crippen LogP contribution in [0.2, 0.25) is 1.41 Å². The van der Waals surface area contributed by atoms with Crippen molar-refractivity contribution < 1.29 is 63.8 Å². The fourth-order valence-electron chi connectivity index (χ4n) is 6.99. The second-order valence-electron chi connectivity index (χ2n) is 16.2. The maximum absolute atomic E-state index is 13.4. The SMILES string of the molecule is [2H]N(C(=O)[C@@H](C)O[C@H]1[C@H](O)[C@@H](COC(=O)C[C@@H](CCCCCCCCC)OC(=O)CCCCCCCCCCC)O[C@@H](S)[C@@H]1NC(C)=O)[C@@H](C)C(=O)N[C@@H](CCC(=O)OC)C(N)=O. The van der Waals surface area contributed by atoms with Crippen molar-refractivity contribution in [2.75, 3.05) is 13.7 Å². The first-order valence-electron chi connectivity index (χ1n) is 23.2. The standard InChI is InChI=1S/C44H78N4O13S/c1-7-9-11-13-15-16-18-20-22-24-36(51)60-32(23-21-19-17-14-12-10-8-2)27-37(52)58-28-34-39(53)40(38(44(62)61-34)47-31(5)49)59-30(4)43(56)46-29(3)42(55)48-33(41(45)54)25-26-35(50)57-6/h29-30,32-34,38-40,44,53,62H,7-28H2,1-6H3,(H2,45,54)(H,46,56)(H,47,49)(H,48,55)/t29-,30+,32+,33-,34+,38+,39+,40+,44-/m0/s1/i/hD. The molecule has 0 aromatic rings. The van der Waals surface area contributed by atoms with Crippen LogP contribution < -0.4 is 21.7 Å². The highest BCUT2D eigenvalue weighted by Gasteiger charge is 2.47. The molecule has 1 saturated heterocycles. The highest BCUT2D eigenvalue weighted by Crippen LogP contribution is 2.27. The van der Waals surface area contributed by atoms with Crippen LogP contribution in [0.15, 0.2) is 0 Å². The van der Waals surface area contributed by atoms with Crippen molar-refractivity contribution in [2.45, 2.75) is 224 Å². The highest BCUT2D eigenvalue weighted by atomic mass is 32.1. The summed E-state index contributed by atoms with van der Waals surface area (Å²) in [6.07, 6.45) is 11.1. The van der Waals surface area contributed by atoms with Gasteiger partial charge in [-0.1, -0.05) is 104 Å². The Balaban J connectivity index is 2.95. The van der Waals surface area contributed by atoms with Crippen molar-refractivity contribution >= 4 is 54.2 Å². The number of nitrogens with two attached hydrogens (primary N) is 1. The first-order valence-corrected chi connectivity index (χ1v) is 23.3. The molecule has 6 N–H and O–H groups in total. The minimum atomic E-state index is -1.60. The van der Waals surface area contributed by atoms with Gasteiger partial charge in [-0.05, 0) is 39.5 Å². The minimum absolute atomic E-state index is 0.174.